The molecule has 1 N–H and O–H groups in total. The maximum absolute atomic E-state index is 12.6. The Morgan fingerprint density at radius 3 is 2.68 bits per heavy atom. The predicted octanol–water partition coefficient (Wildman–Crippen LogP) is 3.48. The SMILES string of the molecule is Cc1nc(NC(=O)c2ccc(F)nc2)c(Cl)cc1Cl. The third-order valence-electron chi connectivity index (χ3n) is 2.33. The Morgan fingerprint density at radius 1 is 1.32 bits per heavy atom. The number of pyridine rings is 2. The fourth-order valence-electron chi connectivity index (χ4n) is 1.34. The molecule has 0 aliphatic carbocycles. The van der Waals surface area contributed by atoms with Gasteiger partial charge in [0.05, 0.1) is 21.3 Å². The first-order chi connectivity index (χ1) is 8.97. The predicted molar refractivity (Wildman–Crippen MR) is 71.1 cm³/mol. The summed E-state index contributed by atoms with van der Waals surface area (Å²) in [4.78, 5) is 19.3. The molecule has 2 aromatic heterocycles. The fraction of sp³-hybridized carbons (Fsp3) is 0.0833. The van der Waals surface area contributed by atoms with Gasteiger partial charge in [0.1, 0.15) is 0 Å². The van der Waals surface area contributed by atoms with Crippen LogP contribution in [0.3, 0.4) is 0 Å². The minimum atomic E-state index is -0.657. The van der Waals surface area contributed by atoms with E-state index in [1.54, 1.807) is 6.92 Å². The number of amides is 1. The Bertz CT molecular complexity index is 632. The second kappa shape index (κ2) is 5.50. The van der Waals surface area contributed by atoms with Crippen molar-refractivity contribution < 1.29 is 9.18 Å². The highest BCUT2D eigenvalue weighted by Gasteiger charge is 2.12. The van der Waals surface area contributed by atoms with Gasteiger partial charge in [0, 0.05) is 6.20 Å². The molecule has 98 valence electrons. The third-order valence-corrected chi connectivity index (χ3v) is 3.00. The molecule has 0 aliphatic rings. The fourth-order valence-corrected chi connectivity index (χ4v) is 1.74. The maximum atomic E-state index is 12.6. The van der Waals surface area contributed by atoms with Crippen LogP contribution in [0.15, 0.2) is 24.4 Å². The van der Waals surface area contributed by atoms with Gasteiger partial charge in [-0.05, 0) is 25.1 Å². The minimum absolute atomic E-state index is 0.192. The number of hydrogen-bond donors (Lipinski definition) is 1. The average Bonchev–Trinajstić information content (AvgIpc) is 2.36. The van der Waals surface area contributed by atoms with E-state index >= 15 is 0 Å². The first kappa shape index (κ1) is 13.7. The summed E-state index contributed by atoms with van der Waals surface area (Å²) in [5, 5.41) is 3.14. The molecule has 0 bridgehead atoms. The Labute approximate surface area is 118 Å². The Morgan fingerprint density at radius 2 is 2.05 bits per heavy atom. The number of nitrogens with one attached hydrogen (secondary N) is 1. The summed E-state index contributed by atoms with van der Waals surface area (Å²) in [6.07, 6.45) is 1.13. The quantitative estimate of drug-likeness (QED) is 0.864. The van der Waals surface area contributed by atoms with Crippen LogP contribution in [0, 0.1) is 12.9 Å². The zero-order valence-corrected chi connectivity index (χ0v) is 11.3. The highest BCUT2D eigenvalue weighted by atomic mass is 35.5. The molecule has 0 fully saturated rings. The number of anilines is 1. The Kier molecular flexibility index (Phi) is 3.97. The summed E-state index contributed by atoms with van der Waals surface area (Å²) >= 11 is 11.8. The van der Waals surface area contributed by atoms with Crippen molar-refractivity contribution in [3.8, 4) is 0 Å². The lowest BCUT2D eigenvalue weighted by atomic mass is 10.2. The number of carbonyl (C=O) groups excluding carboxylic acids is 1. The number of nitrogens with zero attached hydrogens (tertiary/aromatic N) is 2. The van der Waals surface area contributed by atoms with E-state index < -0.39 is 11.9 Å². The molecule has 0 atom stereocenters. The molecule has 2 aromatic rings. The van der Waals surface area contributed by atoms with Crippen molar-refractivity contribution in [2.75, 3.05) is 5.32 Å². The summed E-state index contributed by atoms with van der Waals surface area (Å²) in [5.74, 6) is -0.948. The average molecular weight is 300 g/mol. The summed E-state index contributed by atoms with van der Waals surface area (Å²) < 4.78 is 12.6. The molecule has 0 saturated heterocycles. The van der Waals surface area contributed by atoms with Crippen molar-refractivity contribution in [3.05, 3.63) is 51.6 Å². The second-order valence-corrected chi connectivity index (χ2v) is 4.52. The molecule has 0 unspecified atom stereocenters. The normalized spacial score (nSPS) is 10.3. The molecule has 0 radical (unpaired) electrons. The number of hydrogen-bond acceptors (Lipinski definition) is 3. The number of rotatable bonds is 2. The molecule has 19 heavy (non-hydrogen) atoms. The van der Waals surface area contributed by atoms with E-state index in [-0.39, 0.29) is 16.4 Å². The van der Waals surface area contributed by atoms with Gasteiger partial charge in [-0.1, -0.05) is 23.2 Å². The molecule has 1 amide bonds. The van der Waals surface area contributed by atoms with Gasteiger partial charge < -0.3 is 5.32 Å². The van der Waals surface area contributed by atoms with E-state index in [2.05, 4.69) is 15.3 Å². The highest BCUT2D eigenvalue weighted by Crippen LogP contribution is 2.25. The zero-order chi connectivity index (χ0) is 14.0. The standard InChI is InChI=1S/C12H8Cl2FN3O/c1-6-8(13)4-9(14)11(17-6)18-12(19)7-2-3-10(15)16-5-7/h2-5H,1H3,(H,17,18,19). The molecule has 0 spiro atoms. The smallest absolute Gasteiger partial charge is 0.258 e. The Hall–Kier alpha value is -1.72. The van der Waals surface area contributed by atoms with Crippen LogP contribution in [0.25, 0.3) is 0 Å². The lowest BCUT2D eigenvalue weighted by Gasteiger charge is -2.08. The monoisotopic (exact) mass is 299 g/mol. The van der Waals surface area contributed by atoms with Crippen molar-refractivity contribution in [2.45, 2.75) is 6.92 Å². The largest absolute Gasteiger partial charge is 0.305 e. The van der Waals surface area contributed by atoms with Gasteiger partial charge >= 0.3 is 0 Å². The first-order valence-electron chi connectivity index (χ1n) is 5.23. The van der Waals surface area contributed by atoms with Crippen LogP contribution in [0.5, 0.6) is 0 Å². The number of halogens is 3. The second-order valence-electron chi connectivity index (χ2n) is 3.71. The first-order valence-corrected chi connectivity index (χ1v) is 5.98. The Balaban J connectivity index is 2.24. The van der Waals surface area contributed by atoms with Crippen molar-refractivity contribution in [3.63, 3.8) is 0 Å². The third kappa shape index (κ3) is 3.19. The number of aromatic nitrogens is 2. The van der Waals surface area contributed by atoms with E-state index in [1.165, 1.54) is 12.1 Å². The summed E-state index contributed by atoms with van der Waals surface area (Å²) in [6, 6.07) is 3.90. The molecular formula is C12H8Cl2FN3O. The van der Waals surface area contributed by atoms with Crippen molar-refractivity contribution in [1.82, 2.24) is 9.97 Å². The van der Waals surface area contributed by atoms with E-state index in [4.69, 9.17) is 23.2 Å². The van der Waals surface area contributed by atoms with Crippen LogP contribution in [0.2, 0.25) is 10.0 Å². The van der Waals surface area contributed by atoms with Crippen molar-refractivity contribution in [2.24, 2.45) is 0 Å². The van der Waals surface area contributed by atoms with Crippen molar-refractivity contribution >= 4 is 34.9 Å². The molecule has 0 aromatic carbocycles. The van der Waals surface area contributed by atoms with E-state index in [0.29, 0.717) is 10.7 Å². The molecule has 7 heteroatoms. The topological polar surface area (TPSA) is 54.9 Å². The van der Waals surface area contributed by atoms with E-state index in [0.717, 1.165) is 12.3 Å². The molecule has 4 nitrogen and oxygen atoms in total. The number of carbonyl (C=O) groups is 1. The van der Waals surface area contributed by atoms with E-state index in [9.17, 15) is 9.18 Å². The van der Waals surface area contributed by atoms with Gasteiger partial charge in [0.2, 0.25) is 5.95 Å². The molecule has 0 aliphatic heterocycles. The van der Waals surface area contributed by atoms with Crippen LogP contribution in [-0.4, -0.2) is 15.9 Å². The molecule has 2 heterocycles. The van der Waals surface area contributed by atoms with Gasteiger partial charge in [0.15, 0.2) is 5.82 Å². The maximum Gasteiger partial charge on any atom is 0.258 e. The van der Waals surface area contributed by atoms with Crippen LogP contribution < -0.4 is 5.32 Å². The molecule has 0 saturated carbocycles. The van der Waals surface area contributed by atoms with Crippen molar-refractivity contribution in [1.29, 1.82) is 0 Å². The van der Waals surface area contributed by atoms with E-state index in [1.807, 2.05) is 0 Å². The molecular weight excluding hydrogens is 292 g/mol. The summed E-state index contributed by atoms with van der Waals surface area (Å²) in [7, 11) is 0. The van der Waals surface area contributed by atoms with Crippen LogP contribution >= 0.6 is 23.2 Å². The zero-order valence-electron chi connectivity index (χ0n) is 9.75. The van der Waals surface area contributed by atoms with Crippen LogP contribution in [0.1, 0.15) is 16.1 Å². The number of aryl methyl sites for hydroxylation is 1. The lowest BCUT2D eigenvalue weighted by molar-refractivity contribution is 0.102. The van der Waals surface area contributed by atoms with Gasteiger partial charge in [-0.15, -0.1) is 0 Å². The van der Waals surface area contributed by atoms with Gasteiger partial charge in [-0.2, -0.15) is 4.39 Å². The van der Waals surface area contributed by atoms with Crippen LogP contribution in [0.4, 0.5) is 10.2 Å². The van der Waals surface area contributed by atoms with Gasteiger partial charge in [0.25, 0.3) is 5.91 Å². The molecule has 2 rings (SSSR count). The summed E-state index contributed by atoms with van der Waals surface area (Å²) in [6.45, 7) is 1.69. The van der Waals surface area contributed by atoms with Gasteiger partial charge in [-0.3, -0.25) is 4.79 Å². The highest BCUT2D eigenvalue weighted by molar-refractivity contribution is 6.36. The van der Waals surface area contributed by atoms with Crippen LogP contribution in [-0.2, 0) is 0 Å². The minimum Gasteiger partial charge on any atom is -0.305 e. The van der Waals surface area contributed by atoms with Gasteiger partial charge in [-0.25, -0.2) is 9.97 Å². The summed E-state index contributed by atoms with van der Waals surface area (Å²) in [5.41, 5.74) is 0.741. The lowest BCUT2D eigenvalue weighted by Crippen LogP contribution is -2.14.